The predicted octanol–water partition coefficient (Wildman–Crippen LogP) is 1.17. The highest BCUT2D eigenvalue weighted by atomic mass is 32.1. The molecule has 0 aromatic carbocycles. The number of nitrogen functional groups attached to an aromatic ring is 1. The van der Waals surface area contributed by atoms with Crippen LogP contribution in [0.25, 0.3) is 0 Å². The van der Waals surface area contributed by atoms with E-state index in [9.17, 15) is 4.79 Å². The lowest BCUT2D eigenvalue weighted by atomic mass is 10.2. The Morgan fingerprint density at radius 2 is 2.16 bits per heavy atom. The van der Waals surface area contributed by atoms with Crippen molar-refractivity contribution in [2.75, 3.05) is 51.4 Å². The third-order valence-electron chi connectivity index (χ3n) is 3.46. The van der Waals surface area contributed by atoms with Gasteiger partial charge < -0.3 is 20.4 Å². The van der Waals surface area contributed by atoms with Gasteiger partial charge in [0.1, 0.15) is 4.88 Å². The van der Waals surface area contributed by atoms with Crippen molar-refractivity contribution in [1.82, 2.24) is 9.80 Å². The van der Waals surface area contributed by atoms with Crippen LogP contribution in [-0.4, -0.2) is 62.5 Å². The van der Waals surface area contributed by atoms with E-state index in [2.05, 4.69) is 23.8 Å². The third-order valence-corrected chi connectivity index (χ3v) is 4.64. The van der Waals surface area contributed by atoms with Crippen molar-refractivity contribution in [2.24, 2.45) is 0 Å². The van der Waals surface area contributed by atoms with Gasteiger partial charge in [0.2, 0.25) is 0 Å². The zero-order chi connectivity index (χ0) is 14.2. The predicted molar refractivity (Wildman–Crippen MR) is 81.1 cm³/mol. The smallest absolute Gasteiger partial charge is 0.265 e. The first-order valence-electron chi connectivity index (χ1n) is 6.46. The van der Waals surface area contributed by atoms with Gasteiger partial charge in [-0.15, -0.1) is 11.3 Å². The van der Waals surface area contributed by atoms with Crippen LogP contribution in [0, 0.1) is 0 Å². The number of piperazine rings is 1. The first-order valence-corrected chi connectivity index (χ1v) is 7.28. The second kappa shape index (κ2) is 5.38. The number of rotatable bonds is 2. The maximum atomic E-state index is 12.0. The fraction of sp³-hybridized carbons (Fsp3) is 0.615. The molecule has 1 aromatic heterocycles. The second-order valence-corrected chi connectivity index (χ2v) is 6.40. The number of hydrogen-bond donors (Lipinski definition) is 1. The number of carbonyl (C=O) groups is 1. The summed E-state index contributed by atoms with van der Waals surface area (Å²) in [7, 11) is 5.64. The van der Waals surface area contributed by atoms with Crippen LogP contribution in [-0.2, 0) is 0 Å². The average molecular weight is 282 g/mol. The minimum atomic E-state index is -0.0180. The van der Waals surface area contributed by atoms with Crippen LogP contribution < -0.4 is 10.6 Å². The molecule has 106 valence electrons. The Kier molecular flexibility index (Phi) is 4.01. The number of carbonyl (C=O) groups excluding carboxylic acids is 1. The molecule has 1 amide bonds. The molecule has 1 aliphatic heterocycles. The standard InChI is InChI=1S/C13H22N4OS/c1-9-8-16(4)5-6-17(9)11-7-10(14)12(19-11)13(18)15(2)3/h7,9H,5-6,8,14H2,1-4H3. The molecule has 1 atom stereocenters. The molecule has 0 saturated carbocycles. The Morgan fingerprint density at radius 3 is 2.74 bits per heavy atom. The van der Waals surface area contributed by atoms with Gasteiger partial charge in [-0.05, 0) is 20.0 Å². The van der Waals surface area contributed by atoms with Gasteiger partial charge in [-0.2, -0.15) is 0 Å². The third kappa shape index (κ3) is 2.84. The van der Waals surface area contributed by atoms with Crippen molar-refractivity contribution < 1.29 is 4.79 Å². The number of thiophene rings is 1. The van der Waals surface area contributed by atoms with Gasteiger partial charge in [-0.3, -0.25) is 4.79 Å². The van der Waals surface area contributed by atoms with Crippen LogP contribution >= 0.6 is 11.3 Å². The fourth-order valence-corrected chi connectivity index (χ4v) is 3.60. The number of nitrogens with two attached hydrogens (primary N) is 1. The molecular formula is C13H22N4OS. The summed E-state index contributed by atoms with van der Waals surface area (Å²) in [4.78, 5) is 18.9. The summed E-state index contributed by atoms with van der Waals surface area (Å²) >= 11 is 1.50. The Labute approximate surface area is 118 Å². The molecule has 19 heavy (non-hydrogen) atoms. The van der Waals surface area contributed by atoms with Crippen LogP contribution in [0.4, 0.5) is 10.7 Å². The van der Waals surface area contributed by atoms with Crippen molar-refractivity contribution in [3.8, 4) is 0 Å². The highest BCUT2D eigenvalue weighted by Crippen LogP contribution is 2.34. The molecule has 1 aliphatic rings. The van der Waals surface area contributed by atoms with E-state index in [-0.39, 0.29) is 5.91 Å². The summed E-state index contributed by atoms with van der Waals surface area (Å²) < 4.78 is 0. The van der Waals surface area contributed by atoms with Crippen molar-refractivity contribution >= 4 is 27.9 Å². The molecule has 0 radical (unpaired) electrons. The summed E-state index contributed by atoms with van der Waals surface area (Å²) in [6.07, 6.45) is 0. The van der Waals surface area contributed by atoms with E-state index in [1.54, 1.807) is 19.0 Å². The molecule has 2 heterocycles. The largest absolute Gasteiger partial charge is 0.397 e. The monoisotopic (exact) mass is 282 g/mol. The molecule has 2 N–H and O–H groups in total. The lowest BCUT2D eigenvalue weighted by molar-refractivity contribution is 0.0833. The Hall–Kier alpha value is -1.27. The summed E-state index contributed by atoms with van der Waals surface area (Å²) in [5.74, 6) is -0.0180. The van der Waals surface area contributed by atoms with Crippen LogP contribution in [0.3, 0.4) is 0 Å². The minimum absolute atomic E-state index is 0.0180. The molecule has 5 nitrogen and oxygen atoms in total. The van der Waals surface area contributed by atoms with Crippen LogP contribution in [0.5, 0.6) is 0 Å². The summed E-state index contributed by atoms with van der Waals surface area (Å²) in [6, 6.07) is 2.38. The summed E-state index contributed by atoms with van der Waals surface area (Å²) in [5.41, 5.74) is 6.57. The molecule has 0 spiro atoms. The van der Waals surface area contributed by atoms with Gasteiger partial charge in [0, 0.05) is 39.8 Å². The molecule has 1 fully saturated rings. The highest BCUT2D eigenvalue weighted by Gasteiger charge is 2.25. The topological polar surface area (TPSA) is 52.8 Å². The lowest BCUT2D eigenvalue weighted by Crippen LogP contribution is -2.50. The summed E-state index contributed by atoms with van der Waals surface area (Å²) in [6.45, 7) is 5.26. The van der Waals surface area contributed by atoms with E-state index >= 15 is 0 Å². The van der Waals surface area contributed by atoms with Gasteiger partial charge in [0.05, 0.1) is 10.7 Å². The van der Waals surface area contributed by atoms with Crippen LogP contribution in [0.15, 0.2) is 6.07 Å². The van der Waals surface area contributed by atoms with Crippen LogP contribution in [0.1, 0.15) is 16.6 Å². The number of amides is 1. The Balaban J connectivity index is 2.22. The average Bonchev–Trinajstić information content (AvgIpc) is 2.69. The van der Waals surface area contributed by atoms with Crippen molar-refractivity contribution in [3.05, 3.63) is 10.9 Å². The zero-order valence-electron chi connectivity index (χ0n) is 12.0. The normalized spacial score (nSPS) is 20.6. The second-order valence-electron chi connectivity index (χ2n) is 5.37. The SMILES string of the molecule is CC1CN(C)CCN1c1cc(N)c(C(=O)N(C)C)s1. The quantitative estimate of drug-likeness (QED) is 0.885. The number of nitrogens with zero attached hydrogens (tertiary/aromatic N) is 3. The van der Waals surface area contributed by atoms with Gasteiger partial charge in [0.25, 0.3) is 5.91 Å². The summed E-state index contributed by atoms with van der Waals surface area (Å²) in [5, 5.41) is 1.10. The van der Waals surface area contributed by atoms with E-state index in [1.807, 2.05) is 6.07 Å². The van der Waals surface area contributed by atoms with Gasteiger partial charge in [0.15, 0.2) is 0 Å². The minimum Gasteiger partial charge on any atom is -0.397 e. The lowest BCUT2D eigenvalue weighted by Gasteiger charge is -2.38. The Bertz CT molecular complexity index is 471. The maximum Gasteiger partial charge on any atom is 0.265 e. The first kappa shape index (κ1) is 14.1. The van der Waals surface area contributed by atoms with Crippen molar-refractivity contribution in [1.29, 1.82) is 0 Å². The molecule has 1 saturated heterocycles. The van der Waals surface area contributed by atoms with E-state index in [4.69, 9.17) is 5.73 Å². The van der Waals surface area contributed by atoms with E-state index in [0.29, 0.717) is 16.6 Å². The van der Waals surface area contributed by atoms with E-state index < -0.39 is 0 Å². The molecule has 2 rings (SSSR count). The first-order chi connectivity index (χ1) is 8.90. The molecule has 1 aromatic rings. The molecule has 1 unspecified atom stereocenters. The van der Waals surface area contributed by atoms with Gasteiger partial charge in [-0.1, -0.05) is 0 Å². The van der Waals surface area contributed by atoms with E-state index in [0.717, 1.165) is 24.6 Å². The molecule has 0 bridgehead atoms. The van der Waals surface area contributed by atoms with E-state index in [1.165, 1.54) is 11.3 Å². The fourth-order valence-electron chi connectivity index (χ4n) is 2.37. The van der Waals surface area contributed by atoms with Crippen LogP contribution in [0.2, 0.25) is 0 Å². The van der Waals surface area contributed by atoms with Crippen molar-refractivity contribution in [2.45, 2.75) is 13.0 Å². The number of hydrogen-bond acceptors (Lipinski definition) is 5. The molecule has 6 heteroatoms. The zero-order valence-corrected chi connectivity index (χ0v) is 12.8. The number of anilines is 2. The van der Waals surface area contributed by atoms with Gasteiger partial charge >= 0.3 is 0 Å². The highest BCUT2D eigenvalue weighted by molar-refractivity contribution is 7.18. The molecule has 0 aliphatic carbocycles. The molecular weight excluding hydrogens is 260 g/mol. The van der Waals surface area contributed by atoms with Crippen molar-refractivity contribution in [3.63, 3.8) is 0 Å². The number of likely N-dealkylation sites (N-methyl/N-ethyl adjacent to an activating group) is 1. The van der Waals surface area contributed by atoms with Gasteiger partial charge in [-0.25, -0.2) is 0 Å². The maximum absolute atomic E-state index is 12.0. The Morgan fingerprint density at radius 1 is 1.47 bits per heavy atom.